The molecule has 6 nitrogen and oxygen atoms in total. The number of rotatable bonds is 5. The maximum Gasteiger partial charge on any atom is 0.417 e. The Kier molecular flexibility index (Phi) is 5.13. The van der Waals surface area contributed by atoms with Crippen LogP contribution < -0.4 is 5.32 Å². The van der Waals surface area contributed by atoms with E-state index in [9.17, 15) is 18.0 Å². The highest BCUT2D eigenvalue weighted by Gasteiger charge is 2.34. The van der Waals surface area contributed by atoms with Crippen LogP contribution in [-0.4, -0.2) is 40.9 Å². The molecule has 0 fully saturated rings. The number of pyridine rings is 1. The highest BCUT2D eigenvalue weighted by Crippen LogP contribution is 2.37. The molecule has 0 unspecified atom stereocenters. The Morgan fingerprint density at radius 3 is 2.74 bits per heavy atom. The standard InChI is InChI=1S/C18H17F3N4O2/c1-25-16-13(10-23-25)12(17(26)22-7-8-27-2)9-15(24-16)11-5-3-4-6-14(11)18(19,20)21/h3-6,9-10H,7-8H2,1-2H3,(H,22,26). The maximum absolute atomic E-state index is 13.4. The Morgan fingerprint density at radius 1 is 1.30 bits per heavy atom. The van der Waals surface area contributed by atoms with E-state index in [1.165, 1.54) is 42.3 Å². The number of hydrogen-bond donors (Lipinski definition) is 1. The number of nitrogens with one attached hydrogen (secondary N) is 1. The molecule has 27 heavy (non-hydrogen) atoms. The summed E-state index contributed by atoms with van der Waals surface area (Å²) < 4.78 is 46.5. The van der Waals surface area contributed by atoms with Crippen molar-refractivity contribution < 1.29 is 22.7 Å². The molecule has 0 aliphatic heterocycles. The fourth-order valence-electron chi connectivity index (χ4n) is 2.76. The van der Waals surface area contributed by atoms with Gasteiger partial charge in [0.25, 0.3) is 5.91 Å². The summed E-state index contributed by atoms with van der Waals surface area (Å²) in [4.78, 5) is 16.9. The number of alkyl halides is 3. The van der Waals surface area contributed by atoms with Gasteiger partial charge in [0.1, 0.15) is 0 Å². The molecule has 0 bridgehead atoms. The van der Waals surface area contributed by atoms with Gasteiger partial charge in [-0.3, -0.25) is 9.48 Å². The van der Waals surface area contributed by atoms with Crippen molar-refractivity contribution in [3.05, 3.63) is 47.7 Å². The van der Waals surface area contributed by atoms with Crippen molar-refractivity contribution in [3.8, 4) is 11.3 Å². The molecule has 3 aromatic rings. The molecule has 1 aromatic carbocycles. The first kappa shape index (κ1) is 18.8. The summed E-state index contributed by atoms with van der Waals surface area (Å²) in [6, 6.07) is 6.49. The van der Waals surface area contributed by atoms with Crippen molar-refractivity contribution in [2.45, 2.75) is 6.18 Å². The average molecular weight is 378 g/mol. The number of halogens is 3. The molecule has 1 amide bonds. The van der Waals surface area contributed by atoms with E-state index in [2.05, 4.69) is 15.4 Å². The molecule has 3 rings (SSSR count). The first-order chi connectivity index (χ1) is 12.8. The Balaban J connectivity index is 2.16. The van der Waals surface area contributed by atoms with E-state index >= 15 is 0 Å². The van der Waals surface area contributed by atoms with Crippen LogP contribution in [0.15, 0.2) is 36.5 Å². The van der Waals surface area contributed by atoms with Crippen molar-refractivity contribution >= 4 is 16.9 Å². The van der Waals surface area contributed by atoms with E-state index in [0.29, 0.717) is 17.6 Å². The summed E-state index contributed by atoms with van der Waals surface area (Å²) in [5.41, 5.74) is -0.336. The fraction of sp³-hybridized carbons (Fsp3) is 0.278. The summed E-state index contributed by atoms with van der Waals surface area (Å²) in [6.07, 6.45) is -3.08. The zero-order valence-corrected chi connectivity index (χ0v) is 14.7. The van der Waals surface area contributed by atoms with Gasteiger partial charge in [-0.1, -0.05) is 18.2 Å². The first-order valence-corrected chi connectivity index (χ1v) is 8.09. The van der Waals surface area contributed by atoms with Gasteiger partial charge in [0.2, 0.25) is 0 Å². The van der Waals surface area contributed by atoms with E-state index in [4.69, 9.17) is 4.74 Å². The number of aromatic nitrogens is 3. The van der Waals surface area contributed by atoms with Gasteiger partial charge in [-0.05, 0) is 12.1 Å². The predicted molar refractivity (Wildman–Crippen MR) is 93.2 cm³/mol. The predicted octanol–water partition coefficient (Wildman–Crippen LogP) is 3.03. The van der Waals surface area contributed by atoms with Gasteiger partial charge < -0.3 is 10.1 Å². The number of aryl methyl sites for hydroxylation is 1. The molecular formula is C18H17F3N4O2. The molecule has 0 atom stereocenters. The molecule has 9 heteroatoms. The molecule has 0 spiro atoms. The Bertz CT molecular complexity index is 982. The van der Waals surface area contributed by atoms with Crippen molar-refractivity contribution in [3.63, 3.8) is 0 Å². The van der Waals surface area contributed by atoms with Crippen LogP contribution in [0.5, 0.6) is 0 Å². The third kappa shape index (κ3) is 3.77. The highest BCUT2D eigenvalue weighted by atomic mass is 19.4. The monoisotopic (exact) mass is 378 g/mol. The number of benzene rings is 1. The van der Waals surface area contributed by atoms with Crippen molar-refractivity contribution in [2.75, 3.05) is 20.3 Å². The van der Waals surface area contributed by atoms with Crippen LogP contribution in [0.3, 0.4) is 0 Å². The minimum absolute atomic E-state index is 0.0518. The maximum atomic E-state index is 13.4. The van der Waals surface area contributed by atoms with Crippen molar-refractivity contribution in [1.29, 1.82) is 0 Å². The molecular weight excluding hydrogens is 361 g/mol. The van der Waals surface area contributed by atoms with Crippen LogP contribution in [0.2, 0.25) is 0 Å². The Hall–Kier alpha value is -2.94. The van der Waals surface area contributed by atoms with Crippen LogP contribution in [0.1, 0.15) is 15.9 Å². The van der Waals surface area contributed by atoms with E-state index in [1.54, 1.807) is 7.05 Å². The van der Waals surface area contributed by atoms with E-state index in [1.807, 2.05) is 0 Å². The van der Waals surface area contributed by atoms with Gasteiger partial charge in [0, 0.05) is 26.3 Å². The van der Waals surface area contributed by atoms with Gasteiger partial charge in [0.15, 0.2) is 5.65 Å². The lowest BCUT2D eigenvalue weighted by Crippen LogP contribution is -2.27. The van der Waals surface area contributed by atoms with Crippen molar-refractivity contribution in [2.24, 2.45) is 7.05 Å². The largest absolute Gasteiger partial charge is 0.417 e. The molecule has 0 radical (unpaired) electrons. The number of nitrogens with zero attached hydrogens (tertiary/aromatic N) is 3. The second-order valence-electron chi connectivity index (χ2n) is 5.85. The molecule has 142 valence electrons. The lowest BCUT2D eigenvalue weighted by Gasteiger charge is -2.13. The topological polar surface area (TPSA) is 69.0 Å². The van der Waals surface area contributed by atoms with E-state index in [-0.39, 0.29) is 23.4 Å². The second-order valence-corrected chi connectivity index (χ2v) is 5.85. The van der Waals surface area contributed by atoms with Gasteiger partial charge in [-0.2, -0.15) is 18.3 Å². The lowest BCUT2D eigenvalue weighted by atomic mass is 10.0. The molecule has 0 saturated carbocycles. The summed E-state index contributed by atoms with van der Waals surface area (Å²) in [5, 5.41) is 7.20. The third-order valence-corrected chi connectivity index (χ3v) is 4.05. The van der Waals surface area contributed by atoms with Gasteiger partial charge >= 0.3 is 6.18 Å². The number of fused-ring (bicyclic) bond motifs is 1. The highest BCUT2D eigenvalue weighted by molar-refractivity contribution is 6.06. The van der Waals surface area contributed by atoms with Gasteiger partial charge in [0.05, 0.1) is 35.0 Å². The summed E-state index contributed by atoms with van der Waals surface area (Å²) in [7, 11) is 3.12. The lowest BCUT2D eigenvalue weighted by molar-refractivity contribution is -0.137. The SMILES string of the molecule is COCCNC(=O)c1cc(-c2ccccc2C(F)(F)F)nc2c1cnn2C. The third-order valence-electron chi connectivity index (χ3n) is 4.05. The average Bonchev–Trinajstić information content (AvgIpc) is 3.01. The van der Waals surface area contributed by atoms with Gasteiger partial charge in [-0.15, -0.1) is 0 Å². The number of hydrogen-bond acceptors (Lipinski definition) is 4. The molecule has 0 saturated heterocycles. The number of ether oxygens (including phenoxy) is 1. The molecule has 0 aliphatic carbocycles. The first-order valence-electron chi connectivity index (χ1n) is 8.09. The Morgan fingerprint density at radius 2 is 2.04 bits per heavy atom. The van der Waals surface area contributed by atoms with Crippen LogP contribution in [0, 0.1) is 0 Å². The molecule has 0 aliphatic rings. The smallest absolute Gasteiger partial charge is 0.383 e. The minimum Gasteiger partial charge on any atom is -0.383 e. The number of carbonyl (C=O) groups excluding carboxylic acids is 1. The second kappa shape index (κ2) is 7.36. The van der Waals surface area contributed by atoms with E-state index in [0.717, 1.165) is 6.07 Å². The van der Waals surface area contributed by atoms with E-state index < -0.39 is 17.6 Å². The van der Waals surface area contributed by atoms with Crippen molar-refractivity contribution in [1.82, 2.24) is 20.1 Å². The van der Waals surface area contributed by atoms with Crippen LogP contribution in [0.25, 0.3) is 22.3 Å². The molecule has 2 heterocycles. The number of amides is 1. The zero-order valence-electron chi connectivity index (χ0n) is 14.7. The number of methoxy groups -OCH3 is 1. The normalized spacial score (nSPS) is 11.7. The zero-order chi connectivity index (χ0) is 19.6. The summed E-state index contributed by atoms with van der Waals surface area (Å²) >= 11 is 0. The van der Waals surface area contributed by atoms with Crippen LogP contribution >= 0.6 is 0 Å². The molecule has 1 N–H and O–H groups in total. The van der Waals surface area contributed by atoms with Gasteiger partial charge in [-0.25, -0.2) is 4.98 Å². The summed E-state index contributed by atoms with van der Waals surface area (Å²) in [5.74, 6) is -0.432. The fourth-order valence-corrected chi connectivity index (χ4v) is 2.76. The van der Waals surface area contributed by atoms with Crippen LogP contribution in [-0.2, 0) is 18.0 Å². The molecule has 2 aromatic heterocycles. The Labute approximate surface area is 153 Å². The van der Waals surface area contributed by atoms with Crippen LogP contribution in [0.4, 0.5) is 13.2 Å². The summed E-state index contributed by atoms with van der Waals surface area (Å²) in [6.45, 7) is 0.588. The minimum atomic E-state index is -4.54. The number of carbonyl (C=O) groups is 1. The quantitative estimate of drug-likeness (QED) is 0.693.